The predicted molar refractivity (Wildman–Crippen MR) is 78.3 cm³/mol. The summed E-state index contributed by atoms with van der Waals surface area (Å²) >= 11 is 0. The van der Waals surface area contributed by atoms with Crippen LogP contribution in [0.15, 0.2) is 54.6 Å². The van der Waals surface area contributed by atoms with Crippen LogP contribution in [0.3, 0.4) is 0 Å². The summed E-state index contributed by atoms with van der Waals surface area (Å²) in [6, 6.07) is 14.3. The minimum atomic E-state index is -4.80. The van der Waals surface area contributed by atoms with Gasteiger partial charge in [0.15, 0.2) is 0 Å². The standard InChI is InChI=1S/C16H14F3NO3/c17-16(18,19)23-14-8-4-7-13(9-14)20(11-15(21)22)10-12-5-2-1-3-6-12/h1-9H,10-11H2,(H,21,22). The molecule has 0 saturated heterocycles. The van der Waals surface area contributed by atoms with Crippen LogP contribution >= 0.6 is 0 Å². The topological polar surface area (TPSA) is 49.8 Å². The van der Waals surface area contributed by atoms with Crippen LogP contribution in [0.5, 0.6) is 5.75 Å². The molecule has 2 aromatic rings. The smallest absolute Gasteiger partial charge is 0.480 e. The number of hydrogen-bond acceptors (Lipinski definition) is 3. The maximum absolute atomic E-state index is 12.3. The summed E-state index contributed by atoms with van der Waals surface area (Å²) in [7, 11) is 0. The maximum atomic E-state index is 12.3. The van der Waals surface area contributed by atoms with Gasteiger partial charge in [0.1, 0.15) is 12.3 Å². The number of carboxylic acid groups (broad SMARTS) is 1. The fourth-order valence-electron chi connectivity index (χ4n) is 2.08. The lowest BCUT2D eigenvalue weighted by molar-refractivity contribution is -0.274. The van der Waals surface area contributed by atoms with Gasteiger partial charge in [-0.2, -0.15) is 0 Å². The molecule has 0 atom stereocenters. The van der Waals surface area contributed by atoms with Crippen molar-refractivity contribution < 1.29 is 27.8 Å². The van der Waals surface area contributed by atoms with E-state index in [1.165, 1.54) is 29.2 Å². The molecule has 2 rings (SSSR count). The molecule has 0 amide bonds. The van der Waals surface area contributed by atoms with Crippen LogP contribution in [0.25, 0.3) is 0 Å². The summed E-state index contributed by atoms with van der Waals surface area (Å²) in [5, 5.41) is 9.03. The zero-order valence-corrected chi connectivity index (χ0v) is 12.0. The Kier molecular flexibility index (Phi) is 5.10. The summed E-state index contributed by atoms with van der Waals surface area (Å²) in [4.78, 5) is 12.5. The first kappa shape index (κ1) is 16.7. The Morgan fingerprint density at radius 2 is 1.78 bits per heavy atom. The summed E-state index contributed by atoms with van der Waals surface area (Å²) in [5.74, 6) is -1.47. The molecule has 0 aliphatic carbocycles. The van der Waals surface area contributed by atoms with Gasteiger partial charge in [-0.1, -0.05) is 36.4 Å². The van der Waals surface area contributed by atoms with E-state index in [4.69, 9.17) is 5.11 Å². The van der Waals surface area contributed by atoms with E-state index < -0.39 is 18.1 Å². The molecular weight excluding hydrogens is 311 g/mol. The van der Waals surface area contributed by atoms with Gasteiger partial charge in [0, 0.05) is 18.3 Å². The lowest BCUT2D eigenvalue weighted by Crippen LogP contribution is -2.29. The van der Waals surface area contributed by atoms with Crippen molar-refractivity contribution in [1.82, 2.24) is 0 Å². The van der Waals surface area contributed by atoms with Crippen molar-refractivity contribution in [2.75, 3.05) is 11.4 Å². The molecule has 0 fully saturated rings. The number of ether oxygens (including phenoxy) is 1. The Morgan fingerprint density at radius 3 is 2.39 bits per heavy atom. The lowest BCUT2D eigenvalue weighted by atomic mass is 10.2. The minimum absolute atomic E-state index is 0.253. The molecule has 2 aromatic carbocycles. The third-order valence-electron chi connectivity index (χ3n) is 2.96. The summed E-state index contributed by atoms with van der Waals surface area (Å²) < 4.78 is 40.8. The number of rotatable bonds is 6. The number of nitrogens with zero attached hydrogens (tertiary/aromatic N) is 1. The highest BCUT2D eigenvalue weighted by molar-refractivity contribution is 5.74. The highest BCUT2D eigenvalue weighted by atomic mass is 19.4. The van der Waals surface area contributed by atoms with Crippen LogP contribution < -0.4 is 9.64 Å². The number of alkyl halides is 3. The van der Waals surface area contributed by atoms with Crippen LogP contribution in [0, 0.1) is 0 Å². The molecule has 4 nitrogen and oxygen atoms in total. The lowest BCUT2D eigenvalue weighted by Gasteiger charge is -2.23. The van der Waals surface area contributed by atoms with Gasteiger partial charge in [-0.15, -0.1) is 13.2 Å². The number of carbonyl (C=O) groups is 1. The molecule has 0 aliphatic heterocycles. The Morgan fingerprint density at radius 1 is 1.09 bits per heavy atom. The molecule has 7 heteroatoms. The number of anilines is 1. The Bertz CT molecular complexity index is 659. The molecule has 0 aliphatic rings. The van der Waals surface area contributed by atoms with Gasteiger partial charge in [-0.3, -0.25) is 4.79 Å². The van der Waals surface area contributed by atoms with Gasteiger partial charge in [0.05, 0.1) is 0 Å². The maximum Gasteiger partial charge on any atom is 0.573 e. The first-order valence-corrected chi connectivity index (χ1v) is 6.70. The van der Waals surface area contributed by atoms with Gasteiger partial charge < -0.3 is 14.7 Å². The minimum Gasteiger partial charge on any atom is -0.480 e. The highest BCUT2D eigenvalue weighted by Crippen LogP contribution is 2.27. The fraction of sp³-hybridized carbons (Fsp3) is 0.188. The van der Waals surface area contributed by atoms with Gasteiger partial charge >= 0.3 is 12.3 Å². The third kappa shape index (κ3) is 5.54. The van der Waals surface area contributed by atoms with Crippen LogP contribution in [0.2, 0.25) is 0 Å². The molecule has 0 radical (unpaired) electrons. The fourth-order valence-corrected chi connectivity index (χ4v) is 2.08. The monoisotopic (exact) mass is 325 g/mol. The Balaban J connectivity index is 2.24. The molecule has 0 bridgehead atoms. The molecule has 0 unspecified atom stereocenters. The molecular formula is C16H14F3NO3. The first-order chi connectivity index (χ1) is 10.8. The number of hydrogen-bond donors (Lipinski definition) is 1. The number of carboxylic acids is 1. The number of benzene rings is 2. The van der Waals surface area contributed by atoms with Crippen LogP contribution in [-0.4, -0.2) is 24.0 Å². The van der Waals surface area contributed by atoms with Crippen molar-refractivity contribution in [2.24, 2.45) is 0 Å². The second kappa shape index (κ2) is 7.04. The Labute approximate surface area is 130 Å². The quantitative estimate of drug-likeness (QED) is 0.880. The Hall–Kier alpha value is -2.70. The summed E-state index contributed by atoms with van der Waals surface area (Å²) in [6.45, 7) is -0.0903. The van der Waals surface area contributed by atoms with Gasteiger partial charge in [-0.25, -0.2) is 0 Å². The summed E-state index contributed by atoms with van der Waals surface area (Å²) in [6.07, 6.45) is -4.80. The van der Waals surface area contributed by atoms with E-state index in [-0.39, 0.29) is 13.1 Å². The largest absolute Gasteiger partial charge is 0.573 e. The van der Waals surface area contributed by atoms with E-state index in [1.54, 1.807) is 12.1 Å². The van der Waals surface area contributed by atoms with E-state index in [2.05, 4.69) is 4.74 Å². The first-order valence-electron chi connectivity index (χ1n) is 6.70. The highest BCUT2D eigenvalue weighted by Gasteiger charge is 2.31. The third-order valence-corrected chi connectivity index (χ3v) is 2.96. The van der Waals surface area contributed by atoms with Crippen molar-refractivity contribution >= 4 is 11.7 Å². The van der Waals surface area contributed by atoms with Gasteiger partial charge in [-0.05, 0) is 17.7 Å². The molecule has 0 spiro atoms. The molecule has 122 valence electrons. The molecule has 23 heavy (non-hydrogen) atoms. The second-order valence-electron chi connectivity index (χ2n) is 4.78. The molecule has 1 N–H and O–H groups in total. The predicted octanol–water partition coefficient (Wildman–Crippen LogP) is 3.68. The SMILES string of the molecule is O=C(O)CN(Cc1ccccc1)c1cccc(OC(F)(F)F)c1. The summed E-state index contributed by atoms with van der Waals surface area (Å²) in [5.41, 5.74) is 1.17. The van der Waals surface area contributed by atoms with E-state index in [0.717, 1.165) is 5.56 Å². The normalized spacial score (nSPS) is 11.1. The van der Waals surface area contributed by atoms with E-state index in [0.29, 0.717) is 5.69 Å². The molecule has 0 heterocycles. The zero-order chi connectivity index (χ0) is 16.9. The zero-order valence-electron chi connectivity index (χ0n) is 12.0. The van der Waals surface area contributed by atoms with Crippen LogP contribution in [-0.2, 0) is 11.3 Å². The van der Waals surface area contributed by atoms with Crippen molar-refractivity contribution in [3.05, 3.63) is 60.2 Å². The number of halogens is 3. The van der Waals surface area contributed by atoms with Crippen molar-refractivity contribution in [1.29, 1.82) is 0 Å². The average molecular weight is 325 g/mol. The number of aliphatic carboxylic acids is 1. The van der Waals surface area contributed by atoms with Crippen molar-refractivity contribution in [2.45, 2.75) is 12.9 Å². The van der Waals surface area contributed by atoms with E-state index in [1.807, 2.05) is 18.2 Å². The second-order valence-corrected chi connectivity index (χ2v) is 4.78. The van der Waals surface area contributed by atoms with Gasteiger partial charge in [0.2, 0.25) is 0 Å². The molecule has 0 aromatic heterocycles. The molecule has 0 saturated carbocycles. The van der Waals surface area contributed by atoms with Crippen molar-refractivity contribution in [3.8, 4) is 5.75 Å². The van der Waals surface area contributed by atoms with Crippen LogP contribution in [0.1, 0.15) is 5.56 Å². The van der Waals surface area contributed by atoms with Crippen molar-refractivity contribution in [3.63, 3.8) is 0 Å². The average Bonchev–Trinajstić information content (AvgIpc) is 2.46. The van der Waals surface area contributed by atoms with E-state index in [9.17, 15) is 18.0 Å². The van der Waals surface area contributed by atoms with E-state index >= 15 is 0 Å². The van der Waals surface area contributed by atoms with Gasteiger partial charge in [0.25, 0.3) is 0 Å². The van der Waals surface area contributed by atoms with Crippen LogP contribution in [0.4, 0.5) is 18.9 Å².